The number of imide groups is 2. The van der Waals surface area contributed by atoms with Gasteiger partial charge < -0.3 is 14.6 Å². The van der Waals surface area contributed by atoms with Crippen LogP contribution in [-0.2, 0) is 19.2 Å². The molecule has 3 fully saturated rings. The Balaban J connectivity index is 1.78. The summed E-state index contributed by atoms with van der Waals surface area (Å²) < 4.78 is 11.2. The lowest BCUT2D eigenvalue weighted by atomic mass is 9.56. The van der Waals surface area contributed by atoms with Gasteiger partial charge in [-0.25, -0.2) is 0 Å². The second-order valence-corrected chi connectivity index (χ2v) is 11.3. The van der Waals surface area contributed by atoms with Crippen LogP contribution >= 0.6 is 23.2 Å². The number of aromatic hydroxyl groups is 1. The quantitative estimate of drug-likeness (QED) is 0.340. The van der Waals surface area contributed by atoms with Crippen molar-refractivity contribution in [3.63, 3.8) is 0 Å². The summed E-state index contributed by atoms with van der Waals surface area (Å²) >= 11 is 14.3. The Morgan fingerprint density at radius 3 is 2.22 bits per heavy atom. The maximum Gasteiger partial charge on any atom is 0.253 e. The summed E-state index contributed by atoms with van der Waals surface area (Å²) in [5, 5.41) is 10.3. The first-order valence-electron chi connectivity index (χ1n) is 12.2. The van der Waals surface area contributed by atoms with Gasteiger partial charge in [0, 0.05) is 37.2 Å². The van der Waals surface area contributed by atoms with Crippen molar-refractivity contribution in [1.82, 2.24) is 9.80 Å². The largest absolute Gasteiger partial charge is 0.508 e. The minimum atomic E-state index is -1.97. The molecule has 1 aromatic rings. The molecule has 0 spiro atoms. The molecule has 1 aromatic carbocycles. The molecular weight excluding hydrogens is 523 g/mol. The molecule has 0 radical (unpaired) electrons. The van der Waals surface area contributed by atoms with E-state index in [1.807, 2.05) is 13.0 Å². The molecule has 1 N–H and O–H groups in total. The second-order valence-electron chi connectivity index (χ2n) is 10.1. The maximum absolute atomic E-state index is 13.7. The monoisotopic (exact) mass is 550 g/mol. The molecule has 2 saturated heterocycles. The van der Waals surface area contributed by atoms with Crippen LogP contribution in [0.5, 0.6) is 17.2 Å². The Labute approximate surface area is 224 Å². The summed E-state index contributed by atoms with van der Waals surface area (Å²) in [6.07, 6.45) is 2.66. The summed E-state index contributed by atoms with van der Waals surface area (Å²) in [5.41, 5.74) is 0.960. The van der Waals surface area contributed by atoms with E-state index in [9.17, 15) is 24.3 Å². The normalized spacial score (nSPS) is 34.8. The van der Waals surface area contributed by atoms with Gasteiger partial charge in [0.05, 0.1) is 26.1 Å². The molecule has 2 aliphatic heterocycles. The van der Waals surface area contributed by atoms with E-state index in [0.717, 1.165) is 4.90 Å². The van der Waals surface area contributed by atoms with E-state index in [2.05, 4.69) is 0 Å². The van der Waals surface area contributed by atoms with E-state index in [4.69, 9.17) is 32.7 Å². The van der Waals surface area contributed by atoms with Gasteiger partial charge in [0.2, 0.25) is 11.8 Å². The van der Waals surface area contributed by atoms with Crippen molar-refractivity contribution in [1.29, 1.82) is 0 Å². The Morgan fingerprint density at radius 2 is 1.65 bits per heavy atom. The van der Waals surface area contributed by atoms with Gasteiger partial charge in [-0.15, -0.1) is 23.2 Å². The molecule has 11 heteroatoms. The van der Waals surface area contributed by atoms with Crippen LogP contribution < -0.4 is 9.47 Å². The standard InChI is InChI=1S/C26H28Cl2N2O7/c1-5-8-30-21(32)14-7-6-13-15(18(14)22(30)33)11-25(27)23(34)29(2)24(35)26(25,28)20(13)19-16(36-3)9-12(31)10-17(19)37-4/h6,9-10,14-15,18,20,31H,5,7-8,11H2,1-4H3/t14-,15+,18-,20+,25+,26-/m0/s1. The number of phenolic OH excluding ortho intramolecular Hbond substituents is 1. The lowest BCUT2D eigenvalue weighted by Gasteiger charge is -2.51. The lowest BCUT2D eigenvalue weighted by Crippen LogP contribution is -2.60. The molecule has 1 saturated carbocycles. The number of amides is 4. The summed E-state index contributed by atoms with van der Waals surface area (Å²) in [6, 6.07) is 2.73. The number of carbonyl (C=O) groups excluding carboxylic acids is 4. The van der Waals surface area contributed by atoms with Crippen LogP contribution in [0.15, 0.2) is 23.8 Å². The molecule has 9 nitrogen and oxygen atoms in total. The number of benzene rings is 1. The van der Waals surface area contributed by atoms with Crippen LogP contribution in [0.1, 0.15) is 37.7 Å². The number of allylic oxidation sites excluding steroid dienone is 2. The van der Waals surface area contributed by atoms with Crippen molar-refractivity contribution >= 4 is 46.8 Å². The van der Waals surface area contributed by atoms with E-state index in [0.29, 0.717) is 24.1 Å². The van der Waals surface area contributed by atoms with E-state index in [-0.39, 0.29) is 41.9 Å². The molecule has 198 valence electrons. The Kier molecular flexibility index (Phi) is 6.03. The second kappa shape index (κ2) is 8.63. The molecule has 6 atom stereocenters. The van der Waals surface area contributed by atoms with Gasteiger partial charge in [-0.05, 0) is 25.2 Å². The number of ether oxygens (including phenoxy) is 2. The number of phenols is 1. The summed E-state index contributed by atoms with van der Waals surface area (Å²) in [4.78, 5) is 52.3. The molecule has 0 bridgehead atoms. The first kappa shape index (κ1) is 25.9. The minimum Gasteiger partial charge on any atom is -0.508 e. The number of carbonyl (C=O) groups is 4. The van der Waals surface area contributed by atoms with Crippen molar-refractivity contribution in [3.8, 4) is 17.2 Å². The summed E-state index contributed by atoms with van der Waals surface area (Å²) in [5.74, 6) is -4.64. The third-order valence-corrected chi connectivity index (χ3v) is 9.78. The first-order chi connectivity index (χ1) is 17.5. The molecule has 5 rings (SSSR count). The first-order valence-corrected chi connectivity index (χ1v) is 12.9. The van der Waals surface area contributed by atoms with Crippen LogP contribution in [0.25, 0.3) is 0 Å². The Bertz CT molecular complexity index is 1240. The minimum absolute atomic E-state index is 0.0852. The number of likely N-dealkylation sites (tertiary alicyclic amines) is 2. The molecule has 37 heavy (non-hydrogen) atoms. The Hall–Kier alpha value is -2.78. The molecule has 2 heterocycles. The SMILES string of the molecule is CCCN1C(=O)[C@H]2[C@H](CC=C3[C@H]2C[C@@]2(Cl)C(=O)N(C)C(=O)[C@@]2(Cl)[C@H]3c2c(OC)cc(O)cc2OC)C1=O. The topological polar surface area (TPSA) is 113 Å². The van der Waals surface area contributed by atoms with E-state index >= 15 is 0 Å². The number of methoxy groups -OCH3 is 2. The van der Waals surface area contributed by atoms with Crippen LogP contribution in [0.2, 0.25) is 0 Å². The molecule has 4 aliphatic rings. The number of hydrogen-bond donors (Lipinski definition) is 1. The van der Waals surface area contributed by atoms with Crippen molar-refractivity contribution < 1.29 is 33.8 Å². The summed E-state index contributed by atoms with van der Waals surface area (Å²) in [6.45, 7) is 2.20. The van der Waals surface area contributed by atoms with Crippen molar-refractivity contribution in [2.75, 3.05) is 27.8 Å². The molecule has 4 amide bonds. The number of alkyl halides is 2. The Morgan fingerprint density at radius 1 is 1.03 bits per heavy atom. The van der Waals surface area contributed by atoms with Gasteiger partial charge in [-0.2, -0.15) is 0 Å². The fraction of sp³-hybridized carbons (Fsp3) is 0.538. The molecular formula is C26H28Cl2N2O7. The third-order valence-electron chi connectivity index (χ3n) is 8.37. The van der Waals surface area contributed by atoms with Crippen molar-refractivity contribution in [3.05, 3.63) is 29.3 Å². The van der Waals surface area contributed by atoms with Gasteiger partial charge in [0.15, 0.2) is 9.75 Å². The average molecular weight is 551 g/mol. The number of hydrogen-bond acceptors (Lipinski definition) is 7. The smallest absolute Gasteiger partial charge is 0.253 e. The van der Waals surface area contributed by atoms with Crippen LogP contribution in [0, 0.1) is 17.8 Å². The molecule has 2 aliphatic carbocycles. The predicted octanol–water partition coefficient (Wildman–Crippen LogP) is 2.81. The fourth-order valence-corrected chi connectivity index (χ4v) is 7.78. The number of rotatable bonds is 5. The predicted molar refractivity (Wildman–Crippen MR) is 134 cm³/mol. The van der Waals surface area contributed by atoms with Gasteiger partial charge in [0.1, 0.15) is 17.2 Å². The molecule has 0 unspecified atom stereocenters. The van der Waals surface area contributed by atoms with Crippen LogP contribution in [0.4, 0.5) is 0 Å². The zero-order valence-corrected chi connectivity index (χ0v) is 22.4. The summed E-state index contributed by atoms with van der Waals surface area (Å²) in [7, 11) is 4.12. The lowest BCUT2D eigenvalue weighted by molar-refractivity contribution is -0.141. The number of fused-ring (bicyclic) bond motifs is 4. The van der Waals surface area contributed by atoms with Gasteiger partial charge in [-0.3, -0.25) is 29.0 Å². The highest BCUT2D eigenvalue weighted by Gasteiger charge is 2.76. The van der Waals surface area contributed by atoms with E-state index in [1.165, 1.54) is 38.3 Å². The third kappa shape index (κ3) is 3.16. The highest BCUT2D eigenvalue weighted by molar-refractivity contribution is 6.53. The number of nitrogens with zero attached hydrogens (tertiary/aromatic N) is 2. The zero-order valence-electron chi connectivity index (χ0n) is 20.9. The zero-order chi connectivity index (χ0) is 27.0. The van der Waals surface area contributed by atoms with E-state index in [1.54, 1.807) is 0 Å². The highest BCUT2D eigenvalue weighted by atomic mass is 35.5. The molecule has 0 aromatic heterocycles. The number of halogens is 2. The van der Waals surface area contributed by atoms with Gasteiger partial charge >= 0.3 is 0 Å². The van der Waals surface area contributed by atoms with E-state index < -0.39 is 45.2 Å². The maximum atomic E-state index is 13.7. The van der Waals surface area contributed by atoms with Gasteiger partial charge in [0.25, 0.3) is 11.8 Å². The average Bonchev–Trinajstić information content (AvgIpc) is 3.19. The highest BCUT2D eigenvalue weighted by Crippen LogP contribution is 2.67. The van der Waals surface area contributed by atoms with Crippen LogP contribution in [0.3, 0.4) is 0 Å². The van der Waals surface area contributed by atoms with Crippen LogP contribution in [-0.4, -0.2) is 76.1 Å². The van der Waals surface area contributed by atoms with Crippen molar-refractivity contribution in [2.45, 2.75) is 41.9 Å². The van der Waals surface area contributed by atoms with Gasteiger partial charge in [-0.1, -0.05) is 18.6 Å². The fourth-order valence-electron chi connectivity index (χ4n) is 6.78. The van der Waals surface area contributed by atoms with Crippen molar-refractivity contribution in [2.24, 2.45) is 17.8 Å².